The summed E-state index contributed by atoms with van der Waals surface area (Å²) >= 11 is 0.864. The first kappa shape index (κ1) is 14.4. The molecule has 0 aromatic carbocycles. The van der Waals surface area contributed by atoms with Crippen molar-refractivity contribution in [2.45, 2.75) is 35.4 Å². The molecule has 1 aromatic heterocycles. The highest BCUT2D eigenvalue weighted by Crippen LogP contribution is 2.31. The molecule has 1 aromatic rings. The Labute approximate surface area is 115 Å². The van der Waals surface area contributed by atoms with Crippen molar-refractivity contribution < 1.29 is 23.4 Å². The van der Waals surface area contributed by atoms with E-state index >= 15 is 0 Å². The molecule has 1 fully saturated rings. The number of carboxylic acid groups (broad SMARTS) is 1. The van der Waals surface area contributed by atoms with Gasteiger partial charge in [0.15, 0.2) is 0 Å². The lowest BCUT2D eigenvalue weighted by Gasteiger charge is -2.27. The number of aliphatic hydroxyl groups excluding tert-OH is 1. The maximum atomic E-state index is 12.2. The van der Waals surface area contributed by atoms with Crippen LogP contribution in [-0.4, -0.2) is 36.7 Å². The summed E-state index contributed by atoms with van der Waals surface area (Å²) in [5.74, 6) is -1.16. The highest BCUT2D eigenvalue weighted by molar-refractivity contribution is 7.91. The van der Waals surface area contributed by atoms with Crippen molar-refractivity contribution in [2.75, 3.05) is 6.61 Å². The number of thiophene rings is 1. The molecule has 19 heavy (non-hydrogen) atoms. The SMILES string of the molecule is O=C(O)c1csc(S(=O)(=O)NC2(CO)CCCC2)c1. The van der Waals surface area contributed by atoms with Crippen LogP contribution >= 0.6 is 11.3 Å². The van der Waals surface area contributed by atoms with Crippen molar-refractivity contribution in [3.05, 3.63) is 17.0 Å². The lowest BCUT2D eigenvalue weighted by molar-refractivity contribution is 0.0697. The van der Waals surface area contributed by atoms with Gasteiger partial charge in [-0.15, -0.1) is 11.3 Å². The number of carboxylic acids is 1. The van der Waals surface area contributed by atoms with Gasteiger partial charge >= 0.3 is 5.97 Å². The standard InChI is InChI=1S/C11H15NO5S2/c13-7-11(3-1-2-4-11)12-19(16,17)9-5-8(6-18-9)10(14)15/h5-6,12-13H,1-4,7H2,(H,14,15). The van der Waals surface area contributed by atoms with Crippen LogP contribution in [0.2, 0.25) is 0 Å². The van der Waals surface area contributed by atoms with Crippen LogP contribution in [0.4, 0.5) is 0 Å². The highest BCUT2D eigenvalue weighted by atomic mass is 32.2. The fourth-order valence-corrected chi connectivity index (χ4v) is 4.85. The molecule has 0 unspecified atom stereocenters. The topological polar surface area (TPSA) is 104 Å². The monoisotopic (exact) mass is 305 g/mol. The minimum Gasteiger partial charge on any atom is -0.478 e. The van der Waals surface area contributed by atoms with Gasteiger partial charge in [0.25, 0.3) is 10.0 Å². The number of sulfonamides is 1. The zero-order chi connectivity index (χ0) is 14.1. The molecule has 0 bridgehead atoms. The van der Waals surface area contributed by atoms with E-state index in [0.29, 0.717) is 12.8 Å². The molecule has 3 N–H and O–H groups in total. The number of nitrogens with one attached hydrogen (secondary N) is 1. The van der Waals surface area contributed by atoms with Gasteiger partial charge in [-0.2, -0.15) is 0 Å². The van der Waals surface area contributed by atoms with E-state index in [1.165, 1.54) is 5.38 Å². The normalized spacial score (nSPS) is 18.6. The van der Waals surface area contributed by atoms with E-state index in [4.69, 9.17) is 5.11 Å². The summed E-state index contributed by atoms with van der Waals surface area (Å²) in [6.07, 6.45) is 2.93. The molecule has 1 heterocycles. The third kappa shape index (κ3) is 2.97. The average molecular weight is 305 g/mol. The molecule has 0 radical (unpaired) electrons. The molecule has 2 rings (SSSR count). The Balaban J connectivity index is 2.24. The second-order valence-corrected chi connectivity index (χ2v) is 7.53. The summed E-state index contributed by atoms with van der Waals surface area (Å²) in [6.45, 7) is -0.247. The van der Waals surface area contributed by atoms with Crippen LogP contribution in [0.25, 0.3) is 0 Å². The van der Waals surface area contributed by atoms with Gasteiger partial charge in [-0.1, -0.05) is 12.8 Å². The van der Waals surface area contributed by atoms with E-state index in [-0.39, 0.29) is 16.4 Å². The van der Waals surface area contributed by atoms with Crippen LogP contribution in [0.3, 0.4) is 0 Å². The van der Waals surface area contributed by atoms with E-state index in [9.17, 15) is 18.3 Å². The molecule has 6 nitrogen and oxygen atoms in total. The second kappa shape index (κ2) is 5.20. The van der Waals surface area contributed by atoms with E-state index < -0.39 is 21.5 Å². The third-order valence-electron chi connectivity index (χ3n) is 3.30. The number of aliphatic hydroxyl groups is 1. The Morgan fingerprint density at radius 3 is 2.53 bits per heavy atom. The first-order chi connectivity index (χ1) is 8.88. The summed E-state index contributed by atoms with van der Waals surface area (Å²) in [5, 5.41) is 19.5. The predicted octanol–water partition coefficient (Wildman–Crippen LogP) is 1.03. The van der Waals surface area contributed by atoms with Crippen molar-refractivity contribution in [1.29, 1.82) is 0 Å². The lowest BCUT2D eigenvalue weighted by Crippen LogP contribution is -2.48. The molecule has 0 aliphatic heterocycles. The van der Waals surface area contributed by atoms with Gasteiger partial charge in [0.05, 0.1) is 17.7 Å². The van der Waals surface area contributed by atoms with E-state index in [0.717, 1.165) is 30.2 Å². The molecule has 0 atom stereocenters. The van der Waals surface area contributed by atoms with Crippen LogP contribution in [-0.2, 0) is 10.0 Å². The van der Waals surface area contributed by atoms with Crippen LogP contribution in [0.15, 0.2) is 15.7 Å². The van der Waals surface area contributed by atoms with Gasteiger partial charge in [-0.05, 0) is 18.9 Å². The zero-order valence-electron chi connectivity index (χ0n) is 10.1. The highest BCUT2D eigenvalue weighted by Gasteiger charge is 2.38. The molecule has 1 saturated carbocycles. The molecule has 0 spiro atoms. The minimum absolute atomic E-state index is 0.0374. The summed E-state index contributed by atoms with van der Waals surface area (Å²) in [7, 11) is -3.78. The number of carbonyl (C=O) groups is 1. The Bertz CT molecular complexity index is 572. The largest absolute Gasteiger partial charge is 0.478 e. The van der Waals surface area contributed by atoms with Crippen LogP contribution in [0.5, 0.6) is 0 Å². The molecular formula is C11H15NO5S2. The third-order valence-corrected chi connectivity index (χ3v) is 6.32. The van der Waals surface area contributed by atoms with Gasteiger partial charge in [0.2, 0.25) is 0 Å². The van der Waals surface area contributed by atoms with Crippen LogP contribution in [0, 0.1) is 0 Å². The molecular weight excluding hydrogens is 290 g/mol. The zero-order valence-corrected chi connectivity index (χ0v) is 11.8. The Hall–Kier alpha value is -0.960. The molecule has 0 amide bonds. The number of hydrogen-bond acceptors (Lipinski definition) is 5. The quantitative estimate of drug-likeness (QED) is 0.754. The smallest absolute Gasteiger partial charge is 0.336 e. The predicted molar refractivity (Wildman–Crippen MR) is 69.9 cm³/mol. The van der Waals surface area contributed by atoms with Crippen molar-refractivity contribution in [3.63, 3.8) is 0 Å². The van der Waals surface area contributed by atoms with E-state index in [1.54, 1.807) is 0 Å². The Morgan fingerprint density at radius 1 is 1.42 bits per heavy atom. The average Bonchev–Trinajstić information content (AvgIpc) is 2.96. The maximum Gasteiger partial charge on any atom is 0.336 e. The first-order valence-corrected chi connectivity index (χ1v) is 8.21. The van der Waals surface area contributed by atoms with Gasteiger partial charge in [0.1, 0.15) is 4.21 Å². The maximum absolute atomic E-state index is 12.2. The molecule has 0 saturated heterocycles. The minimum atomic E-state index is -3.78. The number of rotatable bonds is 5. The lowest BCUT2D eigenvalue weighted by atomic mass is 10.0. The molecule has 1 aliphatic rings. The molecule has 8 heteroatoms. The van der Waals surface area contributed by atoms with Gasteiger partial charge < -0.3 is 10.2 Å². The second-order valence-electron chi connectivity index (χ2n) is 4.71. The number of aromatic carboxylic acids is 1. The van der Waals surface area contributed by atoms with Gasteiger partial charge in [0, 0.05) is 5.38 Å². The van der Waals surface area contributed by atoms with Gasteiger partial charge in [-0.3, -0.25) is 0 Å². The van der Waals surface area contributed by atoms with E-state index in [2.05, 4.69) is 4.72 Å². The summed E-state index contributed by atoms with van der Waals surface area (Å²) < 4.78 is 26.9. The summed E-state index contributed by atoms with van der Waals surface area (Å²) in [5.41, 5.74) is -0.846. The fraction of sp³-hybridized carbons (Fsp3) is 0.545. The Morgan fingerprint density at radius 2 is 2.05 bits per heavy atom. The molecule has 106 valence electrons. The van der Waals surface area contributed by atoms with Crippen molar-refractivity contribution >= 4 is 27.3 Å². The van der Waals surface area contributed by atoms with Crippen molar-refractivity contribution in [3.8, 4) is 0 Å². The summed E-state index contributed by atoms with van der Waals surface area (Å²) in [6, 6.07) is 1.13. The Kier molecular flexibility index (Phi) is 3.95. The van der Waals surface area contributed by atoms with Crippen molar-refractivity contribution in [1.82, 2.24) is 4.72 Å². The van der Waals surface area contributed by atoms with Crippen LogP contribution in [0.1, 0.15) is 36.0 Å². The fourth-order valence-electron chi connectivity index (χ4n) is 2.25. The van der Waals surface area contributed by atoms with Crippen LogP contribution < -0.4 is 4.72 Å². The first-order valence-electron chi connectivity index (χ1n) is 5.85. The van der Waals surface area contributed by atoms with Crippen molar-refractivity contribution in [2.24, 2.45) is 0 Å². The van der Waals surface area contributed by atoms with E-state index in [1.807, 2.05) is 0 Å². The summed E-state index contributed by atoms with van der Waals surface area (Å²) in [4.78, 5) is 10.8. The van der Waals surface area contributed by atoms with Gasteiger partial charge in [-0.25, -0.2) is 17.9 Å². The number of hydrogen-bond donors (Lipinski definition) is 3. The molecule has 1 aliphatic carbocycles.